The van der Waals surface area contributed by atoms with Gasteiger partial charge in [-0.2, -0.15) is 26.3 Å². The van der Waals surface area contributed by atoms with Crippen LogP contribution in [0.2, 0.25) is 0 Å². The quantitative estimate of drug-likeness (QED) is 0.695. The maximum atomic E-state index is 12.8. The summed E-state index contributed by atoms with van der Waals surface area (Å²) in [5, 5.41) is 1.75. The summed E-state index contributed by atoms with van der Waals surface area (Å²) >= 11 is 1.32. The Bertz CT molecular complexity index is 688. The predicted octanol–water partition coefficient (Wildman–Crippen LogP) is 5.06. The molecule has 0 N–H and O–H groups in total. The van der Waals surface area contributed by atoms with E-state index in [9.17, 15) is 31.1 Å². The topological polar surface area (TPSA) is 20.3 Å². The van der Waals surface area contributed by atoms with Gasteiger partial charge in [-0.1, -0.05) is 6.07 Å². The van der Waals surface area contributed by atoms with Gasteiger partial charge in [0.2, 0.25) is 0 Å². The van der Waals surface area contributed by atoms with Crippen LogP contribution in [0.15, 0.2) is 35.7 Å². The average Bonchev–Trinajstić information content (AvgIpc) is 2.97. The summed E-state index contributed by atoms with van der Waals surface area (Å²) < 4.78 is 76.9. The minimum absolute atomic E-state index is 0.00392. The molecular formula is C15H11F6NOS. The molecular weight excluding hydrogens is 356 g/mol. The molecule has 0 unspecified atom stereocenters. The number of carbonyl (C=O) groups excluding carboxylic acids is 1. The van der Waals surface area contributed by atoms with Crippen LogP contribution in [0.3, 0.4) is 0 Å². The molecule has 1 amide bonds. The van der Waals surface area contributed by atoms with Gasteiger partial charge in [0, 0.05) is 17.5 Å². The normalized spacial score (nSPS) is 12.3. The molecule has 0 radical (unpaired) electrons. The summed E-state index contributed by atoms with van der Waals surface area (Å²) in [6, 6.07) is 4.30. The van der Waals surface area contributed by atoms with E-state index in [1.54, 1.807) is 17.5 Å². The Labute approximate surface area is 137 Å². The van der Waals surface area contributed by atoms with Gasteiger partial charge in [-0.15, -0.1) is 11.3 Å². The van der Waals surface area contributed by atoms with Crippen LogP contribution in [0.5, 0.6) is 0 Å². The number of hydrogen-bond donors (Lipinski definition) is 0. The summed E-state index contributed by atoms with van der Waals surface area (Å²) in [4.78, 5) is 14.1. The van der Waals surface area contributed by atoms with Gasteiger partial charge in [0.1, 0.15) is 0 Å². The zero-order chi connectivity index (χ0) is 18.1. The molecule has 24 heavy (non-hydrogen) atoms. The van der Waals surface area contributed by atoms with Crippen molar-refractivity contribution >= 4 is 17.2 Å². The van der Waals surface area contributed by atoms with E-state index in [0.29, 0.717) is 12.1 Å². The van der Waals surface area contributed by atoms with Crippen molar-refractivity contribution in [2.24, 2.45) is 0 Å². The Morgan fingerprint density at radius 1 is 1.04 bits per heavy atom. The maximum Gasteiger partial charge on any atom is 0.416 e. The lowest BCUT2D eigenvalue weighted by Gasteiger charge is -2.19. The van der Waals surface area contributed by atoms with E-state index in [0.717, 1.165) is 9.78 Å². The molecule has 9 heteroatoms. The van der Waals surface area contributed by atoms with Gasteiger partial charge in [0.05, 0.1) is 17.7 Å². The number of benzene rings is 1. The molecule has 2 rings (SSSR count). The lowest BCUT2D eigenvalue weighted by atomic mass is 10.0. The number of thiophene rings is 1. The first kappa shape index (κ1) is 18.3. The van der Waals surface area contributed by atoms with Gasteiger partial charge >= 0.3 is 12.4 Å². The first-order valence-electron chi connectivity index (χ1n) is 6.56. The highest BCUT2D eigenvalue weighted by Crippen LogP contribution is 2.36. The zero-order valence-electron chi connectivity index (χ0n) is 12.2. The molecule has 0 saturated heterocycles. The monoisotopic (exact) mass is 367 g/mol. The van der Waals surface area contributed by atoms with Crippen LogP contribution >= 0.6 is 11.3 Å². The SMILES string of the molecule is CN(Cc1cccs1)C(=O)c1cc(C(F)(F)F)cc(C(F)(F)F)c1. The Morgan fingerprint density at radius 3 is 2.00 bits per heavy atom. The number of halogens is 6. The van der Waals surface area contributed by atoms with E-state index in [2.05, 4.69) is 0 Å². The molecule has 1 heterocycles. The Hall–Kier alpha value is -2.03. The Kier molecular flexibility index (Phi) is 4.93. The molecule has 130 valence electrons. The molecule has 0 bridgehead atoms. The summed E-state index contributed by atoms with van der Waals surface area (Å²) in [5.74, 6) is -0.917. The molecule has 0 aliphatic rings. The van der Waals surface area contributed by atoms with Crippen LogP contribution in [0.25, 0.3) is 0 Å². The van der Waals surface area contributed by atoms with E-state index < -0.39 is 35.0 Å². The Balaban J connectivity index is 2.39. The van der Waals surface area contributed by atoms with E-state index in [-0.39, 0.29) is 12.6 Å². The van der Waals surface area contributed by atoms with Crippen molar-refractivity contribution in [1.82, 2.24) is 4.90 Å². The minimum Gasteiger partial charge on any atom is -0.337 e. The Morgan fingerprint density at radius 2 is 1.58 bits per heavy atom. The largest absolute Gasteiger partial charge is 0.416 e. The first-order chi connectivity index (χ1) is 11.0. The van der Waals surface area contributed by atoms with Gasteiger partial charge in [0.15, 0.2) is 0 Å². The molecule has 0 spiro atoms. The van der Waals surface area contributed by atoms with Crippen LogP contribution in [0.1, 0.15) is 26.4 Å². The summed E-state index contributed by atoms with van der Waals surface area (Å²) in [7, 11) is 1.32. The van der Waals surface area contributed by atoms with Crippen LogP contribution in [0, 0.1) is 0 Å². The van der Waals surface area contributed by atoms with Crippen molar-refractivity contribution in [3.8, 4) is 0 Å². The third-order valence-corrected chi connectivity index (χ3v) is 4.02. The predicted molar refractivity (Wildman–Crippen MR) is 76.6 cm³/mol. The molecule has 2 aromatic rings. The lowest BCUT2D eigenvalue weighted by Crippen LogP contribution is -2.26. The molecule has 2 nitrogen and oxygen atoms in total. The van der Waals surface area contributed by atoms with E-state index in [1.165, 1.54) is 18.4 Å². The van der Waals surface area contributed by atoms with Gasteiger partial charge in [-0.3, -0.25) is 4.79 Å². The summed E-state index contributed by atoms with van der Waals surface area (Å²) in [6.07, 6.45) is -9.97. The molecule has 1 aromatic carbocycles. The zero-order valence-corrected chi connectivity index (χ0v) is 13.0. The molecule has 0 aliphatic carbocycles. The van der Waals surface area contributed by atoms with Crippen molar-refractivity contribution in [3.05, 3.63) is 57.3 Å². The number of rotatable bonds is 3. The molecule has 0 saturated carbocycles. The van der Waals surface area contributed by atoms with Crippen molar-refractivity contribution in [1.29, 1.82) is 0 Å². The highest BCUT2D eigenvalue weighted by molar-refractivity contribution is 7.09. The summed E-state index contributed by atoms with van der Waals surface area (Å²) in [6.45, 7) is 0.0914. The third kappa shape index (κ3) is 4.28. The van der Waals surface area contributed by atoms with Gasteiger partial charge in [-0.05, 0) is 29.6 Å². The fourth-order valence-corrected chi connectivity index (χ4v) is 2.76. The van der Waals surface area contributed by atoms with Gasteiger partial charge in [0.25, 0.3) is 5.91 Å². The lowest BCUT2D eigenvalue weighted by molar-refractivity contribution is -0.143. The van der Waals surface area contributed by atoms with Crippen LogP contribution in [0.4, 0.5) is 26.3 Å². The molecule has 0 aliphatic heterocycles. The van der Waals surface area contributed by atoms with Gasteiger partial charge < -0.3 is 4.90 Å². The van der Waals surface area contributed by atoms with E-state index in [1.807, 2.05) is 0 Å². The smallest absolute Gasteiger partial charge is 0.337 e. The van der Waals surface area contributed by atoms with Crippen molar-refractivity contribution in [2.45, 2.75) is 18.9 Å². The van der Waals surface area contributed by atoms with Crippen molar-refractivity contribution in [2.75, 3.05) is 7.05 Å². The first-order valence-corrected chi connectivity index (χ1v) is 7.44. The second-order valence-corrected chi connectivity index (χ2v) is 6.07. The maximum absolute atomic E-state index is 12.8. The fraction of sp³-hybridized carbons (Fsp3) is 0.267. The number of amides is 1. The second-order valence-electron chi connectivity index (χ2n) is 5.04. The third-order valence-electron chi connectivity index (χ3n) is 3.15. The van der Waals surface area contributed by atoms with Crippen LogP contribution in [-0.2, 0) is 18.9 Å². The summed E-state index contributed by atoms with van der Waals surface area (Å²) in [5.41, 5.74) is -3.67. The average molecular weight is 367 g/mol. The standard InChI is InChI=1S/C15H11F6NOS/c1-22(8-12-3-2-4-24-12)13(23)9-5-10(14(16,17)18)7-11(6-9)15(19,20)21/h2-7H,8H2,1H3. The minimum atomic E-state index is -4.98. The highest BCUT2D eigenvalue weighted by atomic mass is 32.1. The van der Waals surface area contributed by atoms with Crippen LogP contribution < -0.4 is 0 Å². The van der Waals surface area contributed by atoms with E-state index in [4.69, 9.17) is 0 Å². The molecule has 1 aromatic heterocycles. The molecule has 0 fully saturated rings. The second kappa shape index (κ2) is 6.46. The van der Waals surface area contributed by atoms with Crippen molar-refractivity contribution < 1.29 is 31.1 Å². The van der Waals surface area contributed by atoms with E-state index >= 15 is 0 Å². The number of nitrogens with zero attached hydrogens (tertiary/aromatic N) is 1. The highest BCUT2D eigenvalue weighted by Gasteiger charge is 2.37. The number of carbonyl (C=O) groups is 1. The fourth-order valence-electron chi connectivity index (χ4n) is 2.01. The number of alkyl halides is 6. The van der Waals surface area contributed by atoms with Crippen LogP contribution in [-0.4, -0.2) is 17.9 Å². The van der Waals surface area contributed by atoms with Crippen molar-refractivity contribution in [3.63, 3.8) is 0 Å². The number of hydrogen-bond acceptors (Lipinski definition) is 2. The molecule has 0 atom stereocenters. The van der Waals surface area contributed by atoms with Gasteiger partial charge in [-0.25, -0.2) is 0 Å².